The van der Waals surface area contributed by atoms with Crippen molar-refractivity contribution in [3.63, 3.8) is 0 Å². The van der Waals surface area contributed by atoms with E-state index in [0.29, 0.717) is 16.5 Å². The molecule has 1 atom stereocenters. The Kier molecular flexibility index (Phi) is 6.15. The molecule has 0 saturated carbocycles. The minimum absolute atomic E-state index is 0.187. The Labute approximate surface area is 133 Å². The molecule has 1 rings (SSSR count). The van der Waals surface area contributed by atoms with E-state index in [4.69, 9.17) is 4.74 Å². The number of ketones is 1. The van der Waals surface area contributed by atoms with Crippen LogP contribution in [0, 0.1) is 0 Å². The fourth-order valence-electron chi connectivity index (χ4n) is 1.70. The average molecular weight is 354 g/mol. The molecule has 114 valence electrons. The number of ether oxygens (including phenoxy) is 1. The molecule has 0 fully saturated rings. The summed E-state index contributed by atoms with van der Waals surface area (Å²) < 4.78 is 5.87. The minimum atomic E-state index is -0.698. The highest BCUT2D eigenvalue weighted by atomic mass is 79.9. The maximum atomic E-state index is 12.5. The third kappa shape index (κ3) is 5.71. The molecule has 0 bridgehead atoms. The zero-order valence-corrected chi connectivity index (χ0v) is 14.1. The number of hydrogen-bond acceptors (Lipinski definition) is 3. The quantitative estimate of drug-likeness (QED) is 0.640. The Morgan fingerprint density at radius 2 is 2.00 bits per heavy atom. The Balaban J connectivity index is 2.87. The van der Waals surface area contributed by atoms with Crippen LogP contribution in [0.2, 0.25) is 0 Å². The summed E-state index contributed by atoms with van der Waals surface area (Å²) in [4.78, 5) is 24.3. The zero-order chi connectivity index (χ0) is 16.0. The summed E-state index contributed by atoms with van der Waals surface area (Å²) in [7, 11) is 0. The summed E-state index contributed by atoms with van der Waals surface area (Å²) in [6.45, 7) is 8.93. The zero-order valence-electron chi connectivity index (χ0n) is 12.5. The number of carbonyl (C=O) groups excluding carboxylic acids is 2. The van der Waals surface area contributed by atoms with E-state index in [-0.39, 0.29) is 5.78 Å². The molecule has 0 saturated heterocycles. The van der Waals surface area contributed by atoms with Crippen molar-refractivity contribution in [1.29, 1.82) is 0 Å². The van der Waals surface area contributed by atoms with Crippen molar-refractivity contribution in [1.82, 2.24) is 5.32 Å². The topological polar surface area (TPSA) is 55.4 Å². The van der Waals surface area contributed by atoms with E-state index in [1.165, 1.54) is 0 Å². The predicted octanol–water partition coefficient (Wildman–Crippen LogP) is 4.10. The van der Waals surface area contributed by atoms with Crippen LogP contribution in [0.25, 0.3) is 0 Å². The summed E-state index contributed by atoms with van der Waals surface area (Å²) in [5.74, 6) is -0.187. The molecule has 21 heavy (non-hydrogen) atoms. The predicted molar refractivity (Wildman–Crippen MR) is 86.4 cm³/mol. The van der Waals surface area contributed by atoms with Gasteiger partial charge in [-0.05, 0) is 33.3 Å². The summed E-state index contributed by atoms with van der Waals surface area (Å²) in [5, 5.41) is 2.60. The first kappa shape index (κ1) is 17.4. The monoisotopic (exact) mass is 353 g/mol. The Morgan fingerprint density at radius 3 is 2.52 bits per heavy atom. The minimum Gasteiger partial charge on any atom is -0.444 e. The summed E-state index contributed by atoms with van der Waals surface area (Å²) in [6, 6.07) is 6.39. The number of alkyl carbamates (subject to hydrolysis) is 1. The molecular weight excluding hydrogens is 334 g/mol. The van der Waals surface area contributed by atoms with Crippen molar-refractivity contribution in [3.05, 3.63) is 47.0 Å². The van der Waals surface area contributed by atoms with Crippen LogP contribution in [0.4, 0.5) is 4.79 Å². The SMILES string of the molecule is C=CCC(NC(=O)OC(C)(C)C)C(=O)c1ccccc1Br. The van der Waals surface area contributed by atoms with Crippen LogP contribution >= 0.6 is 15.9 Å². The molecule has 4 nitrogen and oxygen atoms in total. The Morgan fingerprint density at radius 1 is 1.38 bits per heavy atom. The van der Waals surface area contributed by atoms with E-state index in [9.17, 15) is 9.59 Å². The average Bonchev–Trinajstić information content (AvgIpc) is 2.36. The van der Waals surface area contributed by atoms with Crippen molar-refractivity contribution in [3.8, 4) is 0 Å². The van der Waals surface area contributed by atoms with Crippen LogP contribution in [-0.2, 0) is 4.74 Å². The highest BCUT2D eigenvalue weighted by molar-refractivity contribution is 9.10. The first-order valence-electron chi connectivity index (χ1n) is 6.63. The third-order valence-corrected chi connectivity index (χ3v) is 3.24. The van der Waals surface area contributed by atoms with E-state index >= 15 is 0 Å². The van der Waals surface area contributed by atoms with Crippen LogP contribution in [0.1, 0.15) is 37.6 Å². The van der Waals surface area contributed by atoms with Crippen LogP contribution < -0.4 is 5.32 Å². The van der Waals surface area contributed by atoms with E-state index in [1.807, 2.05) is 6.07 Å². The molecule has 1 N–H and O–H groups in total. The fourth-order valence-corrected chi connectivity index (χ4v) is 2.18. The largest absolute Gasteiger partial charge is 0.444 e. The second kappa shape index (κ2) is 7.41. The lowest BCUT2D eigenvalue weighted by Gasteiger charge is -2.22. The number of Topliss-reactive ketones (excluding diaryl/α,β-unsaturated/α-hetero) is 1. The molecule has 1 aromatic carbocycles. The van der Waals surface area contributed by atoms with Crippen LogP contribution in [0.3, 0.4) is 0 Å². The molecule has 1 unspecified atom stereocenters. The highest BCUT2D eigenvalue weighted by Crippen LogP contribution is 2.19. The van der Waals surface area contributed by atoms with Gasteiger partial charge < -0.3 is 10.1 Å². The molecule has 0 radical (unpaired) electrons. The van der Waals surface area contributed by atoms with Gasteiger partial charge in [0.1, 0.15) is 5.60 Å². The Hall–Kier alpha value is -1.62. The van der Waals surface area contributed by atoms with Gasteiger partial charge in [0, 0.05) is 10.0 Å². The van der Waals surface area contributed by atoms with Crippen molar-refractivity contribution in [2.45, 2.75) is 38.8 Å². The summed E-state index contributed by atoms with van der Waals surface area (Å²) in [5.41, 5.74) is -0.0976. The second-order valence-electron chi connectivity index (χ2n) is 5.57. The summed E-state index contributed by atoms with van der Waals surface area (Å²) >= 11 is 3.34. The van der Waals surface area contributed by atoms with Gasteiger partial charge in [0.25, 0.3) is 0 Å². The normalized spacial score (nSPS) is 12.4. The molecular formula is C16H20BrNO3. The lowest BCUT2D eigenvalue weighted by molar-refractivity contribution is 0.0492. The smallest absolute Gasteiger partial charge is 0.408 e. The number of halogens is 1. The van der Waals surface area contributed by atoms with Crippen LogP contribution in [-0.4, -0.2) is 23.5 Å². The molecule has 0 heterocycles. The van der Waals surface area contributed by atoms with Gasteiger partial charge in [0.2, 0.25) is 0 Å². The number of amides is 1. The van der Waals surface area contributed by atoms with Crippen molar-refractivity contribution < 1.29 is 14.3 Å². The molecule has 1 amide bonds. The summed E-state index contributed by atoms with van der Waals surface area (Å²) in [6.07, 6.45) is 1.31. The maximum absolute atomic E-state index is 12.5. The van der Waals surface area contributed by atoms with Gasteiger partial charge >= 0.3 is 6.09 Å². The standard InChI is InChI=1S/C16H20BrNO3/c1-5-8-13(18-15(20)21-16(2,3)4)14(19)11-9-6-7-10-12(11)17/h5-7,9-10,13H,1,8H2,2-4H3,(H,18,20). The molecule has 0 aliphatic heterocycles. The van der Waals surface area contributed by atoms with E-state index in [1.54, 1.807) is 45.0 Å². The lowest BCUT2D eigenvalue weighted by Crippen LogP contribution is -2.43. The van der Waals surface area contributed by atoms with Gasteiger partial charge in [-0.3, -0.25) is 4.79 Å². The van der Waals surface area contributed by atoms with E-state index in [0.717, 1.165) is 0 Å². The van der Waals surface area contributed by atoms with Gasteiger partial charge in [-0.15, -0.1) is 6.58 Å². The fraction of sp³-hybridized carbons (Fsp3) is 0.375. The Bertz CT molecular complexity index is 535. The number of rotatable bonds is 5. The van der Waals surface area contributed by atoms with Gasteiger partial charge in [0.15, 0.2) is 5.78 Å². The first-order valence-corrected chi connectivity index (χ1v) is 7.43. The van der Waals surface area contributed by atoms with Gasteiger partial charge in [-0.2, -0.15) is 0 Å². The highest BCUT2D eigenvalue weighted by Gasteiger charge is 2.25. The molecule has 0 spiro atoms. The molecule has 0 aliphatic rings. The van der Waals surface area contributed by atoms with Crippen LogP contribution in [0.15, 0.2) is 41.4 Å². The van der Waals surface area contributed by atoms with Crippen molar-refractivity contribution in [2.24, 2.45) is 0 Å². The molecule has 0 aliphatic carbocycles. The van der Waals surface area contributed by atoms with Crippen molar-refractivity contribution >= 4 is 27.8 Å². The molecule has 5 heteroatoms. The van der Waals surface area contributed by atoms with E-state index < -0.39 is 17.7 Å². The third-order valence-electron chi connectivity index (χ3n) is 2.55. The number of carbonyl (C=O) groups is 2. The number of benzene rings is 1. The second-order valence-corrected chi connectivity index (χ2v) is 6.42. The van der Waals surface area contributed by atoms with Gasteiger partial charge in [-0.25, -0.2) is 4.79 Å². The van der Waals surface area contributed by atoms with Gasteiger partial charge in [0.05, 0.1) is 6.04 Å². The van der Waals surface area contributed by atoms with Gasteiger partial charge in [-0.1, -0.05) is 40.2 Å². The lowest BCUT2D eigenvalue weighted by atomic mass is 10.0. The van der Waals surface area contributed by atoms with E-state index in [2.05, 4.69) is 27.8 Å². The van der Waals surface area contributed by atoms with Crippen molar-refractivity contribution in [2.75, 3.05) is 0 Å². The molecule has 0 aromatic heterocycles. The number of hydrogen-bond donors (Lipinski definition) is 1. The first-order chi connectivity index (χ1) is 9.74. The van der Waals surface area contributed by atoms with Crippen LogP contribution in [0.5, 0.6) is 0 Å². The maximum Gasteiger partial charge on any atom is 0.408 e. The number of nitrogens with one attached hydrogen (secondary N) is 1. The molecule has 1 aromatic rings.